The van der Waals surface area contributed by atoms with E-state index in [1.807, 2.05) is 0 Å². The highest BCUT2D eigenvalue weighted by molar-refractivity contribution is 9.10. The summed E-state index contributed by atoms with van der Waals surface area (Å²) in [5.74, 6) is 0. The molecule has 0 unspecified atom stereocenters. The second kappa shape index (κ2) is 4.03. The highest BCUT2D eigenvalue weighted by Crippen LogP contribution is 2.39. The van der Waals surface area contributed by atoms with Gasteiger partial charge in [0.2, 0.25) is 0 Å². The van der Waals surface area contributed by atoms with Crippen molar-refractivity contribution in [2.45, 2.75) is 31.2 Å². The predicted octanol–water partition coefficient (Wildman–Crippen LogP) is 3.13. The first-order chi connectivity index (χ1) is 6.76. The van der Waals surface area contributed by atoms with Gasteiger partial charge in [0, 0.05) is 10.0 Å². The van der Waals surface area contributed by atoms with Gasteiger partial charge in [0.1, 0.15) is 0 Å². The molecule has 0 aliphatic heterocycles. The number of benzene rings is 1. The predicted molar refractivity (Wildman–Crippen MR) is 63.5 cm³/mol. The highest BCUT2D eigenvalue weighted by Gasteiger charge is 2.40. The molecule has 0 amide bonds. The van der Waals surface area contributed by atoms with Crippen LogP contribution in [0.4, 0.5) is 0 Å². The van der Waals surface area contributed by atoms with Crippen molar-refractivity contribution in [1.29, 1.82) is 0 Å². The largest absolute Gasteiger partial charge is 0.314 e. The van der Waals surface area contributed by atoms with Gasteiger partial charge in [0.25, 0.3) is 0 Å². The van der Waals surface area contributed by atoms with Gasteiger partial charge < -0.3 is 5.32 Å². The van der Waals surface area contributed by atoms with E-state index in [-0.39, 0.29) is 0 Å². The Morgan fingerprint density at radius 3 is 2.64 bits per heavy atom. The van der Waals surface area contributed by atoms with Crippen molar-refractivity contribution in [3.8, 4) is 0 Å². The molecule has 2 rings (SSSR count). The molecule has 0 bridgehead atoms. The Morgan fingerprint density at radius 2 is 2.07 bits per heavy atom. The number of hydrogen-bond acceptors (Lipinski definition) is 1. The zero-order valence-corrected chi connectivity index (χ0v) is 10.1. The first-order valence-corrected chi connectivity index (χ1v) is 5.97. The van der Waals surface area contributed by atoms with E-state index in [9.17, 15) is 0 Å². The van der Waals surface area contributed by atoms with E-state index in [0.717, 1.165) is 0 Å². The van der Waals surface area contributed by atoms with Gasteiger partial charge in [-0.3, -0.25) is 0 Å². The molecule has 1 aromatic carbocycles. The van der Waals surface area contributed by atoms with Gasteiger partial charge in [-0.2, -0.15) is 0 Å². The minimum atomic E-state index is 0.468. The molecule has 1 aliphatic rings. The lowest BCUT2D eigenvalue weighted by atomic mass is 10.0. The van der Waals surface area contributed by atoms with Crippen LogP contribution in [-0.2, 0) is 6.42 Å². The second-order valence-electron chi connectivity index (χ2n) is 4.12. The quantitative estimate of drug-likeness (QED) is 0.870. The van der Waals surface area contributed by atoms with Crippen LogP contribution in [0.5, 0.6) is 0 Å². The molecule has 0 atom stereocenters. The molecule has 1 nitrogen and oxygen atoms in total. The molecule has 1 saturated carbocycles. The maximum Gasteiger partial charge on any atom is 0.0207 e. The van der Waals surface area contributed by atoms with E-state index in [1.54, 1.807) is 0 Å². The summed E-state index contributed by atoms with van der Waals surface area (Å²) in [6, 6.07) is 8.50. The zero-order chi connectivity index (χ0) is 10.0. The molecule has 2 heteroatoms. The van der Waals surface area contributed by atoms with Crippen LogP contribution in [0.1, 0.15) is 24.8 Å². The van der Waals surface area contributed by atoms with E-state index in [1.165, 1.54) is 35.7 Å². The zero-order valence-electron chi connectivity index (χ0n) is 8.52. The molecule has 0 heterocycles. The summed E-state index contributed by atoms with van der Waals surface area (Å²) in [7, 11) is 2.08. The fourth-order valence-electron chi connectivity index (χ4n) is 1.85. The van der Waals surface area contributed by atoms with Crippen LogP contribution in [0, 0.1) is 0 Å². The number of aryl methyl sites for hydroxylation is 1. The standard InChI is InChI=1S/C12H16BrN/c1-14-12(8-9-12)7-6-10-4-2-3-5-11(10)13/h2-5,14H,6-9H2,1H3. The monoisotopic (exact) mass is 253 g/mol. The van der Waals surface area contributed by atoms with Crippen LogP contribution >= 0.6 is 15.9 Å². The average Bonchev–Trinajstić information content (AvgIpc) is 2.98. The van der Waals surface area contributed by atoms with Crippen LogP contribution in [0.25, 0.3) is 0 Å². The normalized spacial score (nSPS) is 18.1. The van der Waals surface area contributed by atoms with Gasteiger partial charge in [-0.25, -0.2) is 0 Å². The lowest BCUT2D eigenvalue weighted by Gasteiger charge is -2.14. The van der Waals surface area contributed by atoms with E-state index in [4.69, 9.17) is 0 Å². The van der Waals surface area contributed by atoms with Crippen molar-refractivity contribution in [3.63, 3.8) is 0 Å². The Bertz CT molecular complexity index is 318. The van der Waals surface area contributed by atoms with Crippen molar-refractivity contribution >= 4 is 15.9 Å². The van der Waals surface area contributed by atoms with Gasteiger partial charge >= 0.3 is 0 Å². The third-order valence-electron chi connectivity index (χ3n) is 3.21. The molecule has 0 saturated heterocycles. The molecular formula is C12H16BrN. The Labute approximate surface area is 94.0 Å². The number of hydrogen-bond donors (Lipinski definition) is 1. The van der Waals surface area contributed by atoms with Crippen molar-refractivity contribution in [3.05, 3.63) is 34.3 Å². The lowest BCUT2D eigenvalue weighted by Crippen LogP contribution is -2.27. The Hall–Kier alpha value is -0.340. The minimum Gasteiger partial charge on any atom is -0.314 e. The Balaban J connectivity index is 1.95. The van der Waals surface area contributed by atoms with E-state index in [0.29, 0.717) is 5.54 Å². The molecule has 1 aromatic rings. The van der Waals surface area contributed by atoms with E-state index >= 15 is 0 Å². The average molecular weight is 254 g/mol. The first kappa shape index (κ1) is 10.2. The lowest BCUT2D eigenvalue weighted by molar-refractivity contribution is 0.509. The summed E-state index contributed by atoms with van der Waals surface area (Å²) < 4.78 is 1.24. The summed E-state index contributed by atoms with van der Waals surface area (Å²) >= 11 is 3.59. The minimum absolute atomic E-state index is 0.468. The number of rotatable bonds is 4. The number of nitrogens with one attached hydrogen (secondary N) is 1. The van der Waals surface area contributed by atoms with E-state index < -0.39 is 0 Å². The van der Waals surface area contributed by atoms with Crippen molar-refractivity contribution in [2.24, 2.45) is 0 Å². The van der Waals surface area contributed by atoms with Crippen molar-refractivity contribution in [2.75, 3.05) is 7.05 Å². The molecular weight excluding hydrogens is 238 g/mol. The summed E-state index contributed by atoms with van der Waals surface area (Å²) in [6.45, 7) is 0. The molecule has 0 spiro atoms. The molecule has 0 radical (unpaired) electrons. The third kappa shape index (κ3) is 2.18. The smallest absolute Gasteiger partial charge is 0.0207 e. The van der Waals surface area contributed by atoms with Gasteiger partial charge in [-0.05, 0) is 44.4 Å². The van der Waals surface area contributed by atoms with Crippen LogP contribution in [0.15, 0.2) is 28.7 Å². The van der Waals surface area contributed by atoms with Gasteiger partial charge in [-0.15, -0.1) is 0 Å². The summed E-state index contributed by atoms with van der Waals surface area (Å²) in [4.78, 5) is 0. The molecule has 1 fully saturated rings. The first-order valence-electron chi connectivity index (χ1n) is 5.18. The maximum atomic E-state index is 3.59. The van der Waals surface area contributed by atoms with Crippen LogP contribution < -0.4 is 5.32 Å². The van der Waals surface area contributed by atoms with Crippen LogP contribution in [0.2, 0.25) is 0 Å². The second-order valence-corrected chi connectivity index (χ2v) is 4.98. The van der Waals surface area contributed by atoms with E-state index in [2.05, 4.69) is 52.6 Å². The fourth-order valence-corrected chi connectivity index (χ4v) is 2.33. The molecule has 0 aromatic heterocycles. The van der Waals surface area contributed by atoms with Gasteiger partial charge in [0.05, 0.1) is 0 Å². The SMILES string of the molecule is CNC1(CCc2ccccc2Br)CC1. The van der Waals surface area contributed by atoms with Crippen molar-refractivity contribution < 1.29 is 0 Å². The van der Waals surface area contributed by atoms with Gasteiger partial charge in [0.15, 0.2) is 0 Å². The molecule has 76 valence electrons. The summed E-state index contributed by atoms with van der Waals surface area (Å²) in [6.07, 6.45) is 5.11. The van der Waals surface area contributed by atoms with Crippen LogP contribution in [-0.4, -0.2) is 12.6 Å². The summed E-state index contributed by atoms with van der Waals surface area (Å²) in [5.41, 5.74) is 1.89. The number of halogens is 1. The third-order valence-corrected chi connectivity index (χ3v) is 3.99. The highest BCUT2D eigenvalue weighted by atomic mass is 79.9. The Morgan fingerprint density at radius 1 is 1.36 bits per heavy atom. The fraction of sp³-hybridized carbons (Fsp3) is 0.500. The molecule has 1 aliphatic carbocycles. The van der Waals surface area contributed by atoms with Gasteiger partial charge in [-0.1, -0.05) is 34.1 Å². The maximum absolute atomic E-state index is 3.59. The topological polar surface area (TPSA) is 12.0 Å². The Kier molecular flexibility index (Phi) is 2.93. The summed E-state index contributed by atoms with van der Waals surface area (Å²) in [5, 5.41) is 3.43. The van der Waals surface area contributed by atoms with Crippen LogP contribution in [0.3, 0.4) is 0 Å². The van der Waals surface area contributed by atoms with Crippen molar-refractivity contribution in [1.82, 2.24) is 5.32 Å². The molecule has 14 heavy (non-hydrogen) atoms. The molecule has 1 N–H and O–H groups in total.